The van der Waals surface area contributed by atoms with Crippen molar-refractivity contribution in [3.05, 3.63) is 76.2 Å². The quantitative estimate of drug-likeness (QED) is 0.533. The van der Waals surface area contributed by atoms with Crippen LogP contribution in [0, 0.1) is 13.8 Å². The van der Waals surface area contributed by atoms with E-state index in [9.17, 15) is 4.79 Å². The van der Waals surface area contributed by atoms with Crippen molar-refractivity contribution in [1.29, 1.82) is 0 Å². The van der Waals surface area contributed by atoms with Crippen molar-refractivity contribution in [2.24, 2.45) is 0 Å². The molecule has 1 aliphatic rings. The van der Waals surface area contributed by atoms with Gasteiger partial charge in [-0.3, -0.25) is 0 Å². The Morgan fingerprint density at radius 2 is 1.74 bits per heavy atom. The van der Waals surface area contributed by atoms with Crippen LogP contribution >= 0.6 is 11.6 Å². The maximum absolute atomic E-state index is 12.9. The van der Waals surface area contributed by atoms with Crippen LogP contribution in [0.3, 0.4) is 0 Å². The molecular formula is C26H30ClN5O2. The number of hydrogen-bond acceptors (Lipinski definition) is 5. The molecule has 0 saturated carbocycles. The summed E-state index contributed by atoms with van der Waals surface area (Å²) in [4.78, 5) is 26.4. The first kappa shape index (κ1) is 23.8. The molecule has 1 aliphatic heterocycles. The zero-order chi connectivity index (χ0) is 24.1. The van der Waals surface area contributed by atoms with Crippen LogP contribution in [0.4, 0.5) is 16.3 Å². The van der Waals surface area contributed by atoms with Crippen molar-refractivity contribution < 1.29 is 9.53 Å². The molecule has 1 N–H and O–H groups in total. The predicted octanol–water partition coefficient (Wildman–Crippen LogP) is 5.09. The van der Waals surface area contributed by atoms with Gasteiger partial charge in [-0.1, -0.05) is 41.9 Å². The fourth-order valence-electron chi connectivity index (χ4n) is 4.19. The van der Waals surface area contributed by atoms with Crippen LogP contribution in [0.5, 0.6) is 5.75 Å². The number of anilines is 2. The summed E-state index contributed by atoms with van der Waals surface area (Å²) in [5, 5.41) is 3.73. The number of para-hydroxylation sites is 2. The van der Waals surface area contributed by atoms with Crippen LogP contribution in [0.2, 0.25) is 5.02 Å². The van der Waals surface area contributed by atoms with Crippen LogP contribution < -0.4 is 15.0 Å². The summed E-state index contributed by atoms with van der Waals surface area (Å²) in [6, 6.07) is 15.2. The molecule has 7 nitrogen and oxygen atoms in total. The minimum Gasteiger partial charge on any atom is -0.492 e. The molecule has 2 amide bonds. The van der Waals surface area contributed by atoms with E-state index in [0.29, 0.717) is 50.6 Å². The highest BCUT2D eigenvalue weighted by atomic mass is 35.5. The van der Waals surface area contributed by atoms with Gasteiger partial charge in [0.25, 0.3) is 0 Å². The molecule has 3 aromatic rings. The number of carbonyl (C=O) groups is 1. The van der Waals surface area contributed by atoms with Gasteiger partial charge >= 0.3 is 6.03 Å². The van der Waals surface area contributed by atoms with Crippen LogP contribution in [0.15, 0.2) is 48.5 Å². The number of benzene rings is 2. The van der Waals surface area contributed by atoms with Crippen LogP contribution in [0.1, 0.15) is 29.6 Å². The fraction of sp³-hybridized carbons (Fsp3) is 0.346. The molecule has 34 heavy (non-hydrogen) atoms. The van der Waals surface area contributed by atoms with E-state index in [0.717, 1.165) is 33.5 Å². The van der Waals surface area contributed by atoms with Gasteiger partial charge in [0.1, 0.15) is 17.4 Å². The monoisotopic (exact) mass is 479 g/mol. The highest BCUT2D eigenvalue weighted by molar-refractivity contribution is 6.31. The smallest absolute Gasteiger partial charge is 0.322 e. The van der Waals surface area contributed by atoms with Crippen molar-refractivity contribution in [2.75, 3.05) is 43.0 Å². The number of nitrogens with zero attached hydrogens (tertiary/aromatic N) is 4. The van der Waals surface area contributed by atoms with E-state index in [2.05, 4.69) is 15.2 Å². The van der Waals surface area contributed by atoms with Gasteiger partial charge < -0.3 is 19.9 Å². The SMILES string of the molecule is CCOc1ccccc1NC(=O)N1CCN(c2nc(C)nc(C)c2Cc2ccccc2Cl)CC1. The number of nitrogens with one attached hydrogen (secondary N) is 1. The topological polar surface area (TPSA) is 70.6 Å². The van der Waals surface area contributed by atoms with Crippen molar-refractivity contribution >= 4 is 29.1 Å². The molecule has 4 rings (SSSR count). The van der Waals surface area contributed by atoms with Crippen molar-refractivity contribution in [1.82, 2.24) is 14.9 Å². The summed E-state index contributed by atoms with van der Waals surface area (Å²) < 4.78 is 5.63. The lowest BCUT2D eigenvalue weighted by molar-refractivity contribution is 0.208. The average molecular weight is 480 g/mol. The van der Waals surface area contributed by atoms with Crippen LogP contribution in [-0.2, 0) is 6.42 Å². The van der Waals surface area contributed by atoms with E-state index < -0.39 is 0 Å². The number of piperazine rings is 1. The van der Waals surface area contributed by atoms with Gasteiger partial charge in [-0.2, -0.15) is 0 Å². The Morgan fingerprint density at radius 1 is 1.03 bits per heavy atom. The van der Waals surface area contributed by atoms with E-state index in [1.807, 2.05) is 74.2 Å². The molecule has 0 unspecified atom stereocenters. The lowest BCUT2D eigenvalue weighted by Crippen LogP contribution is -2.50. The Morgan fingerprint density at radius 3 is 2.47 bits per heavy atom. The first-order chi connectivity index (χ1) is 16.5. The summed E-state index contributed by atoms with van der Waals surface area (Å²) in [7, 11) is 0. The summed E-state index contributed by atoms with van der Waals surface area (Å²) in [6.07, 6.45) is 0.663. The molecule has 178 valence electrons. The number of hydrogen-bond donors (Lipinski definition) is 1. The third kappa shape index (κ3) is 5.42. The van der Waals surface area contributed by atoms with E-state index in [-0.39, 0.29) is 6.03 Å². The predicted molar refractivity (Wildman–Crippen MR) is 136 cm³/mol. The zero-order valence-electron chi connectivity index (χ0n) is 19.8. The number of halogens is 1. The Hall–Kier alpha value is -3.32. The molecule has 0 bridgehead atoms. The largest absolute Gasteiger partial charge is 0.492 e. The number of aromatic nitrogens is 2. The minimum absolute atomic E-state index is 0.127. The van der Waals surface area contributed by atoms with Gasteiger partial charge in [-0.15, -0.1) is 0 Å². The van der Waals surface area contributed by atoms with Gasteiger partial charge in [0.05, 0.1) is 12.3 Å². The first-order valence-corrected chi connectivity index (χ1v) is 11.9. The molecule has 1 aromatic heterocycles. The van der Waals surface area contributed by atoms with Crippen molar-refractivity contribution in [3.63, 3.8) is 0 Å². The molecule has 1 saturated heterocycles. The third-order valence-electron chi connectivity index (χ3n) is 5.92. The second-order valence-corrected chi connectivity index (χ2v) is 8.67. The lowest BCUT2D eigenvalue weighted by Gasteiger charge is -2.36. The average Bonchev–Trinajstić information content (AvgIpc) is 2.83. The highest BCUT2D eigenvalue weighted by Crippen LogP contribution is 2.28. The Balaban J connectivity index is 1.47. The molecular weight excluding hydrogens is 450 g/mol. The second-order valence-electron chi connectivity index (χ2n) is 8.26. The fourth-order valence-corrected chi connectivity index (χ4v) is 4.39. The van der Waals surface area contributed by atoms with Gasteiger partial charge in [-0.05, 0) is 44.5 Å². The third-order valence-corrected chi connectivity index (χ3v) is 6.29. The van der Waals surface area contributed by atoms with Crippen LogP contribution in [-0.4, -0.2) is 53.7 Å². The summed E-state index contributed by atoms with van der Waals surface area (Å²) >= 11 is 6.43. The van der Waals surface area contributed by atoms with Crippen LogP contribution in [0.25, 0.3) is 0 Å². The first-order valence-electron chi connectivity index (χ1n) is 11.6. The lowest BCUT2D eigenvalue weighted by atomic mass is 10.0. The van der Waals surface area contributed by atoms with Crippen molar-refractivity contribution in [3.8, 4) is 5.75 Å². The maximum atomic E-state index is 12.9. The number of urea groups is 1. The second kappa shape index (κ2) is 10.7. The normalized spacial score (nSPS) is 13.6. The number of amides is 2. The summed E-state index contributed by atoms with van der Waals surface area (Å²) in [5.74, 6) is 2.34. The molecule has 0 atom stereocenters. The van der Waals surface area contributed by atoms with E-state index in [1.54, 1.807) is 0 Å². The molecule has 0 spiro atoms. The summed E-state index contributed by atoms with van der Waals surface area (Å²) in [5.41, 5.74) is 3.75. The van der Waals surface area contributed by atoms with E-state index >= 15 is 0 Å². The van der Waals surface area contributed by atoms with Crippen molar-refractivity contribution in [2.45, 2.75) is 27.2 Å². The van der Waals surface area contributed by atoms with Gasteiger partial charge in [0.15, 0.2) is 0 Å². The molecule has 8 heteroatoms. The number of rotatable bonds is 6. The summed E-state index contributed by atoms with van der Waals surface area (Å²) in [6.45, 7) is 8.96. The Kier molecular flexibility index (Phi) is 7.53. The number of carbonyl (C=O) groups excluding carboxylic acids is 1. The standard InChI is InChI=1S/C26H30ClN5O2/c1-4-34-24-12-8-7-11-23(24)30-26(33)32-15-13-31(14-16-32)25-21(18(2)28-19(3)29-25)17-20-9-5-6-10-22(20)27/h5-12H,4,13-17H2,1-3H3,(H,30,33). The molecule has 0 radical (unpaired) electrons. The Bertz CT molecular complexity index is 1160. The molecule has 2 heterocycles. The highest BCUT2D eigenvalue weighted by Gasteiger charge is 2.25. The maximum Gasteiger partial charge on any atom is 0.322 e. The van der Waals surface area contributed by atoms with Gasteiger partial charge in [0.2, 0.25) is 0 Å². The Labute approximate surface area is 205 Å². The number of aryl methyl sites for hydroxylation is 2. The molecule has 2 aromatic carbocycles. The molecule has 0 aliphatic carbocycles. The minimum atomic E-state index is -0.127. The van der Waals surface area contributed by atoms with Gasteiger partial charge in [-0.25, -0.2) is 14.8 Å². The zero-order valence-corrected chi connectivity index (χ0v) is 20.6. The number of ether oxygens (including phenoxy) is 1. The van der Waals surface area contributed by atoms with E-state index in [1.165, 1.54) is 0 Å². The van der Waals surface area contributed by atoms with E-state index in [4.69, 9.17) is 21.3 Å². The molecule has 1 fully saturated rings. The van der Waals surface area contributed by atoms with Gasteiger partial charge in [0, 0.05) is 48.9 Å².